The number of hydrogen-bond donors (Lipinski definition) is 2. The Morgan fingerprint density at radius 2 is 1.92 bits per heavy atom. The molecule has 0 aliphatic rings. The summed E-state index contributed by atoms with van der Waals surface area (Å²) in [6, 6.07) is 2.45. The first-order valence-corrected chi connectivity index (χ1v) is 8.06. The van der Waals surface area contributed by atoms with Crippen molar-refractivity contribution in [1.82, 2.24) is 15.0 Å². The first-order valence-electron chi connectivity index (χ1n) is 7.18. The molecule has 3 heterocycles. The zero-order valence-corrected chi connectivity index (χ0v) is 14.1. The van der Waals surface area contributed by atoms with Crippen molar-refractivity contribution in [2.45, 2.75) is 30.4 Å². The van der Waals surface area contributed by atoms with E-state index >= 15 is 0 Å². The molecule has 3 aromatic heterocycles. The average molecular weight is 369 g/mol. The molecule has 0 aliphatic heterocycles. The van der Waals surface area contributed by atoms with Crippen LogP contribution in [-0.2, 0) is 6.18 Å². The van der Waals surface area contributed by atoms with Crippen molar-refractivity contribution in [2.75, 3.05) is 11.5 Å². The fourth-order valence-electron chi connectivity index (χ4n) is 2.24. The molecule has 0 radical (unpaired) electrons. The summed E-state index contributed by atoms with van der Waals surface area (Å²) < 4.78 is 44.0. The lowest BCUT2D eigenvalue weighted by Crippen LogP contribution is -2.11. The number of rotatable bonds is 3. The minimum Gasteiger partial charge on any atom is -0.458 e. The monoisotopic (exact) mass is 369 g/mol. The van der Waals surface area contributed by atoms with E-state index < -0.39 is 11.9 Å². The van der Waals surface area contributed by atoms with E-state index in [2.05, 4.69) is 15.0 Å². The molecule has 1 atom stereocenters. The second kappa shape index (κ2) is 6.10. The number of fused-ring (bicyclic) bond motifs is 1. The second-order valence-corrected chi connectivity index (χ2v) is 6.70. The van der Waals surface area contributed by atoms with Crippen LogP contribution in [0.5, 0.6) is 0 Å². The van der Waals surface area contributed by atoms with Crippen LogP contribution in [0.25, 0.3) is 11.0 Å². The van der Waals surface area contributed by atoms with Gasteiger partial charge in [0.05, 0.1) is 22.8 Å². The van der Waals surface area contributed by atoms with E-state index in [1.54, 1.807) is 19.9 Å². The zero-order chi connectivity index (χ0) is 18.4. The zero-order valence-electron chi connectivity index (χ0n) is 13.3. The summed E-state index contributed by atoms with van der Waals surface area (Å²) in [6.07, 6.45) is -3.05. The van der Waals surface area contributed by atoms with E-state index in [0.29, 0.717) is 34.2 Å². The molecule has 4 N–H and O–H groups in total. The van der Waals surface area contributed by atoms with Crippen LogP contribution in [0.3, 0.4) is 0 Å². The molecule has 0 amide bonds. The van der Waals surface area contributed by atoms with Crippen LogP contribution in [0.15, 0.2) is 27.9 Å². The Morgan fingerprint density at radius 3 is 2.60 bits per heavy atom. The fourth-order valence-corrected chi connectivity index (χ4v) is 3.12. The summed E-state index contributed by atoms with van der Waals surface area (Å²) in [4.78, 5) is 11.7. The molecule has 1 unspecified atom stereocenters. The van der Waals surface area contributed by atoms with E-state index in [-0.39, 0.29) is 16.2 Å². The summed E-state index contributed by atoms with van der Waals surface area (Å²) in [7, 11) is 0. The predicted octanol–water partition coefficient (Wildman–Crippen LogP) is 3.96. The Morgan fingerprint density at radius 1 is 1.20 bits per heavy atom. The molecule has 10 heteroatoms. The first kappa shape index (κ1) is 17.3. The minimum absolute atomic E-state index is 0.0712. The van der Waals surface area contributed by atoms with Gasteiger partial charge in [-0.3, -0.25) is 4.98 Å². The van der Waals surface area contributed by atoms with E-state index in [0.717, 1.165) is 11.8 Å². The predicted molar refractivity (Wildman–Crippen MR) is 88.9 cm³/mol. The Bertz CT molecular complexity index is 941. The van der Waals surface area contributed by atoms with Crippen LogP contribution < -0.4 is 11.5 Å². The van der Waals surface area contributed by atoms with Gasteiger partial charge in [0.15, 0.2) is 16.4 Å². The molecule has 0 fully saturated rings. The normalized spacial score (nSPS) is 13.3. The summed E-state index contributed by atoms with van der Waals surface area (Å²) in [5.74, 6) is 0.346. The molecule has 0 spiro atoms. The van der Waals surface area contributed by atoms with Gasteiger partial charge in [-0.2, -0.15) is 13.2 Å². The number of aromatic nitrogens is 3. The molecule has 0 aromatic carbocycles. The number of hydrogen-bond acceptors (Lipinski definition) is 7. The van der Waals surface area contributed by atoms with Crippen LogP contribution >= 0.6 is 11.8 Å². The van der Waals surface area contributed by atoms with Gasteiger partial charge in [-0.25, -0.2) is 9.97 Å². The SMILES string of the molecule is Cc1oc2cnc(C(C)Sc3nc(N)cc(C(F)(F)F)n3)cc2c1N. The summed E-state index contributed by atoms with van der Waals surface area (Å²) >= 11 is 1.03. The maximum Gasteiger partial charge on any atom is 0.433 e. The molecular formula is C15H14F3N5OS. The Hall–Kier alpha value is -2.49. The van der Waals surface area contributed by atoms with Gasteiger partial charge in [-0.1, -0.05) is 11.8 Å². The smallest absolute Gasteiger partial charge is 0.433 e. The summed E-state index contributed by atoms with van der Waals surface area (Å²) in [5, 5.41) is 0.319. The third-order valence-corrected chi connectivity index (χ3v) is 4.52. The second-order valence-electron chi connectivity index (χ2n) is 5.40. The third-order valence-electron chi connectivity index (χ3n) is 3.54. The van der Waals surface area contributed by atoms with Crippen LogP contribution in [0.2, 0.25) is 0 Å². The number of pyridine rings is 1. The number of nitrogens with two attached hydrogens (primary N) is 2. The molecule has 0 aliphatic carbocycles. The number of aryl methyl sites for hydroxylation is 1. The fraction of sp³-hybridized carbons (Fsp3) is 0.267. The van der Waals surface area contributed by atoms with Crippen molar-refractivity contribution in [3.63, 3.8) is 0 Å². The highest BCUT2D eigenvalue weighted by Gasteiger charge is 2.33. The van der Waals surface area contributed by atoms with E-state index in [1.165, 1.54) is 6.20 Å². The first-order chi connectivity index (χ1) is 11.6. The topological polar surface area (TPSA) is 104 Å². The van der Waals surface area contributed by atoms with Crippen LogP contribution in [-0.4, -0.2) is 15.0 Å². The lowest BCUT2D eigenvalue weighted by molar-refractivity contribution is -0.141. The Kier molecular flexibility index (Phi) is 4.23. The van der Waals surface area contributed by atoms with Gasteiger partial charge in [-0.05, 0) is 19.9 Å². The van der Waals surface area contributed by atoms with Crippen molar-refractivity contribution in [3.05, 3.63) is 35.5 Å². The third kappa shape index (κ3) is 3.48. The lowest BCUT2D eigenvalue weighted by Gasteiger charge is -2.12. The highest BCUT2D eigenvalue weighted by atomic mass is 32.2. The van der Waals surface area contributed by atoms with Crippen LogP contribution in [0, 0.1) is 6.92 Å². The van der Waals surface area contributed by atoms with Gasteiger partial charge in [0, 0.05) is 11.5 Å². The van der Waals surface area contributed by atoms with Gasteiger partial charge in [-0.15, -0.1) is 0 Å². The lowest BCUT2D eigenvalue weighted by atomic mass is 10.2. The molecule has 0 saturated heterocycles. The Balaban J connectivity index is 1.91. The minimum atomic E-state index is -4.59. The number of halogens is 3. The molecular weight excluding hydrogens is 355 g/mol. The number of furan rings is 1. The van der Waals surface area contributed by atoms with Gasteiger partial charge in [0.1, 0.15) is 11.6 Å². The van der Waals surface area contributed by atoms with Crippen molar-refractivity contribution >= 4 is 34.2 Å². The van der Waals surface area contributed by atoms with Crippen LogP contribution in [0.1, 0.15) is 29.3 Å². The van der Waals surface area contributed by atoms with Gasteiger partial charge in [0.2, 0.25) is 0 Å². The average Bonchev–Trinajstić information content (AvgIpc) is 2.80. The summed E-state index contributed by atoms with van der Waals surface area (Å²) in [5.41, 5.74) is 12.0. The molecule has 6 nitrogen and oxygen atoms in total. The molecule has 25 heavy (non-hydrogen) atoms. The van der Waals surface area contributed by atoms with Crippen molar-refractivity contribution in [3.8, 4) is 0 Å². The maximum atomic E-state index is 12.8. The largest absolute Gasteiger partial charge is 0.458 e. The number of thioether (sulfide) groups is 1. The highest BCUT2D eigenvalue weighted by molar-refractivity contribution is 7.99. The maximum absolute atomic E-state index is 12.8. The number of alkyl halides is 3. The highest BCUT2D eigenvalue weighted by Crippen LogP contribution is 2.37. The van der Waals surface area contributed by atoms with Crippen molar-refractivity contribution in [2.24, 2.45) is 0 Å². The van der Waals surface area contributed by atoms with Crippen molar-refractivity contribution in [1.29, 1.82) is 0 Å². The van der Waals surface area contributed by atoms with Gasteiger partial charge >= 0.3 is 6.18 Å². The molecule has 3 rings (SSSR count). The van der Waals surface area contributed by atoms with Crippen molar-refractivity contribution < 1.29 is 17.6 Å². The number of nitrogen functional groups attached to an aromatic ring is 2. The summed E-state index contributed by atoms with van der Waals surface area (Å²) in [6.45, 7) is 3.52. The van der Waals surface area contributed by atoms with Gasteiger partial charge < -0.3 is 15.9 Å². The molecule has 3 aromatic rings. The number of nitrogens with zero attached hydrogens (tertiary/aromatic N) is 3. The standard InChI is InChI=1S/C15H14F3N5OS/c1-6-13(20)8-3-9(21-5-10(8)24-6)7(2)25-14-22-11(15(16,17)18)4-12(19)23-14/h3-5,7H,20H2,1-2H3,(H2,19,22,23). The quantitative estimate of drug-likeness (QED) is 0.532. The number of anilines is 2. The Labute approximate surface area is 144 Å². The van der Waals surface area contributed by atoms with Crippen LogP contribution in [0.4, 0.5) is 24.7 Å². The molecule has 0 saturated carbocycles. The van der Waals surface area contributed by atoms with E-state index in [9.17, 15) is 13.2 Å². The molecule has 132 valence electrons. The van der Waals surface area contributed by atoms with E-state index in [1.807, 2.05) is 0 Å². The van der Waals surface area contributed by atoms with Gasteiger partial charge in [0.25, 0.3) is 0 Å². The van der Waals surface area contributed by atoms with E-state index in [4.69, 9.17) is 15.9 Å². The molecule has 0 bridgehead atoms.